The van der Waals surface area contributed by atoms with Crippen LogP contribution in [-0.2, 0) is 0 Å². The smallest absolute Gasteiger partial charge is 0.277 e. The number of amides is 1. The van der Waals surface area contributed by atoms with Crippen molar-refractivity contribution in [3.05, 3.63) is 84.8 Å². The van der Waals surface area contributed by atoms with Gasteiger partial charge in [0.2, 0.25) is 0 Å². The Bertz CT molecular complexity index is 1310. The molecular formula is C21H14N6O2. The zero-order valence-electron chi connectivity index (χ0n) is 15.1. The molecule has 1 amide bonds. The zero-order valence-corrected chi connectivity index (χ0v) is 15.1. The lowest BCUT2D eigenvalue weighted by Gasteiger charge is -2.06. The minimum atomic E-state index is -0.352. The summed E-state index contributed by atoms with van der Waals surface area (Å²) >= 11 is 0. The van der Waals surface area contributed by atoms with Crippen LogP contribution < -0.4 is 5.32 Å². The number of carbonyl (C=O) groups excluding carboxylic acids is 1. The van der Waals surface area contributed by atoms with E-state index in [1.54, 1.807) is 23.0 Å². The Morgan fingerprint density at radius 3 is 2.69 bits per heavy atom. The summed E-state index contributed by atoms with van der Waals surface area (Å²) in [6.45, 7) is 0. The normalized spacial score (nSPS) is 10.9. The van der Waals surface area contributed by atoms with Crippen molar-refractivity contribution < 1.29 is 9.32 Å². The Morgan fingerprint density at radius 2 is 1.79 bits per heavy atom. The number of rotatable bonds is 4. The number of hydrogen-bond donors (Lipinski definition) is 1. The number of aromatic nitrogens is 5. The van der Waals surface area contributed by atoms with Gasteiger partial charge in [-0.3, -0.25) is 4.79 Å². The van der Waals surface area contributed by atoms with Gasteiger partial charge in [0.25, 0.3) is 5.91 Å². The molecule has 5 rings (SSSR count). The first-order chi connectivity index (χ1) is 14.3. The zero-order chi connectivity index (χ0) is 19.6. The molecule has 2 aromatic carbocycles. The van der Waals surface area contributed by atoms with E-state index in [0.29, 0.717) is 17.1 Å². The van der Waals surface area contributed by atoms with Crippen LogP contribution in [0.1, 0.15) is 10.5 Å². The van der Waals surface area contributed by atoms with E-state index in [-0.39, 0.29) is 11.6 Å². The molecule has 5 aromatic rings. The lowest BCUT2D eigenvalue weighted by Crippen LogP contribution is -2.12. The highest BCUT2D eigenvalue weighted by atomic mass is 16.5. The van der Waals surface area contributed by atoms with Gasteiger partial charge in [0.1, 0.15) is 6.33 Å². The van der Waals surface area contributed by atoms with E-state index < -0.39 is 0 Å². The van der Waals surface area contributed by atoms with E-state index in [9.17, 15) is 4.79 Å². The molecule has 0 fully saturated rings. The molecule has 0 radical (unpaired) electrons. The van der Waals surface area contributed by atoms with Gasteiger partial charge < -0.3 is 9.84 Å². The van der Waals surface area contributed by atoms with E-state index in [4.69, 9.17) is 4.52 Å². The Labute approximate surface area is 164 Å². The highest BCUT2D eigenvalue weighted by Gasteiger charge is 2.14. The summed E-state index contributed by atoms with van der Waals surface area (Å²) in [5.74, 6) is 0.186. The quantitative estimate of drug-likeness (QED) is 0.509. The van der Waals surface area contributed by atoms with Gasteiger partial charge in [0.15, 0.2) is 17.1 Å². The second kappa shape index (κ2) is 7.01. The molecule has 0 atom stereocenters. The monoisotopic (exact) mass is 382 g/mol. The lowest BCUT2D eigenvalue weighted by molar-refractivity contribution is 0.101. The summed E-state index contributed by atoms with van der Waals surface area (Å²) in [6, 6.07) is 22.2. The van der Waals surface area contributed by atoms with Crippen LogP contribution in [0.4, 0.5) is 5.69 Å². The predicted octanol–water partition coefficient (Wildman–Crippen LogP) is 3.70. The van der Waals surface area contributed by atoms with Crippen molar-refractivity contribution >= 4 is 17.2 Å². The second-order valence-electron chi connectivity index (χ2n) is 6.33. The minimum absolute atomic E-state index is 0.207. The standard InChI is InChI=1S/C21H14N6O2/c28-21(18-12-19(29-26-18)14-5-2-1-3-6-14)23-16-8-4-7-15(11-16)17-9-10-20-24-22-13-27(20)25-17/h1-13H,(H,23,28). The number of nitrogens with zero attached hydrogens (tertiary/aromatic N) is 5. The maximum Gasteiger partial charge on any atom is 0.277 e. The maximum absolute atomic E-state index is 12.6. The van der Waals surface area contributed by atoms with Crippen LogP contribution in [0.15, 0.2) is 83.6 Å². The van der Waals surface area contributed by atoms with Crippen molar-refractivity contribution in [3.8, 4) is 22.6 Å². The van der Waals surface area contributed by atoms with Crippen molar-refractivity contribution in [2.75, 3.05) is 5.32 Å². The third kappa shape index (κ3) is 3.34. The highest BCUT2D eigenvalue weighted by Crippen LogP contribution is 2.23. The Balaban J connectivity index is 1.37. The third-order valence-electron chi connectivity index (χ3n) is 4.38. The molecule has 0 saturated carbocycles. The van der Waals surface area contributed by atoms with Gasteiger partial charge in [-0.05, 0) is 24.3 Å². The van der Waals surface area contributed by atoms with Crippen LogP contribution in [-0.4, -0.2) is 30.9 Å². The van der Waals surface area contributed by atoms with Gasteiger partial charge in [0.05, 0.1) is 5.69 Å². The summed E-state index contributed by atoms with van der Waals surface area (Å²) in [5, 5.41) is 19.0. The van der Waals surface area contributed by atoms with Gasteiger partial charge in [-0.15, -0.1) is 10.2 Å². The van der Waals surface area contributed by atoms with Crippen LogP contribution in [0.3, 0.4) is 0 Å². The van der Waals surface area contributed by atoms with E-state index >= 15 is 0 Å². The van der Waals surface area contributed by atoms with Crippen LogP contribution in [0.2, 0.25) is 0 Å². The summed E-state index contributed by atoms with van der Waals surface area (Å²) < 4.78 is 6.90. The second-order valence-corrected chi connectivity index (χ2v) is 6.33. The van der Waals surface area contributed by atoms with Gasteiger partial charge in [-0.25, -0.2) is 0 Å². The molecular weight excluding hydrogens is 368 g/mol. The first-order valence-electron chi connectivity index (χ1n) is 8.87. The molecule has 1 N–H and O–H groups in total. The number of benzene rings is 2. The maximum atomic E-state index is 12.6. The van der Waals surface area contributed by atoms with Crippen LogP contribution >= 0.6 is 0 Å². The number of hydrogen-bond acceptors (Lipinski definition) is 6. The molecule has 0 spiro atoms. The molecule has 0 aliphatic rings. The van der Waals surface area contributed by atoms with Gasteiger partial charge in [0, 0.05) is 22.9 Å². The highest BCUT2D eigenvalue weighted by molar-refractivity contribution is 6.03. The molecule has 0 bridgehead atoms. The summed E-state index contributed by atoms with van der Waals surface area (Å²) in [5.41, 5.74) is 3.94. The SMILES string of the molecule is O=C(Nc1cccc(-c2ccc3nncn3n2)c1)c1cc(-c2ccccc2)on1. The topological polar surface area (TPSA) is 98.2 Å². The van der Waals surface area contributed by atoms with E-state index in [1.807, 2.05) is 60.7 Å². The molecule has 140 valence electrons. The molecule has 29 heavy (non-hydrogen) atoms. The first-order valence-corrected chi connectivity index (χ1v) is 8.87. The average Bonchev–Trinajstić information content (AvgIpc) is 3.44. The molecule has 0 aliphatic carbocycles. The molecule has 3 aromatic heterocycles. The third-order valence-corrected chi connectivity index (χ3v) is 4.38. The van der Waals surface area contributed by atoms with Gasteiger partial charge in [-0.2, -0.15) is 9.61 Å². The van der Waals surface area contributed by atoms with Gasteiger partial charge >= 0.3 is 0 Å². The summed E-state index contributed by atoms with van der Waals surface area (Å²) in [4.78, 5) is 12.6. The molecule has 3 heterocycles. The number of nitrogens with one attached hydrogen (secondary N) is 1. The van der Waals surface area contributed by atoms with Crippen molar-refractivity contribution in [3.63, 3.8) is 0 Å². The van der Waals surface area contributed by atoms with E-state index in [0.717, 1.165) is 16.8 Å². The van der Waals surface area contributed by atoms with Crippen molar-refractivity contribution in [1.82, 2.24) is 25.0 Å². The molecule has 8 heteroatoms. The molecule has 0 aliphatic heterocycles. The summed E-state index contributed by atoms with van der Waals surface area (Å²) in [6.07, 6.45) is 1.54. The fraction of sp³-hybridized carbons (Fsp3) is 0. The van der Waals surface area contributed by atoms with E-state index in [2.05, 4.69) is 25.8 Å². The largest absolute Gasteiger partial charge is 0.355 e. The number of carbonyl (C=O) groups is 1. The molecule has 0 saturated heterocycles. The van der Waals surface area contributed by atoms with Crippen LogP contribution in [0, 0.1) is 0 Å². The number of fused-ring (bicyclic) bond motifs is 1. The Kier molecular flexibility index (Phi) is 4.06. The van der Waals surface area contributed by atoms with Crippen LogP contribution in [0.25, 0.3) is 28.2 Å². The van der Waals surface area contributed by atoms with Crippen molar-refractivity contribution in [1.29, 1.82) is 0 Å². The fourth-order valence-corrected chi connectivity index (χ4v) is 2.95. The predicted molar refractivity (Wildman–Crippen MR) is 106 cm³/mol. The van der Waals surface area contributed by atoms with E-state index in [1.165, 1.54) is 0 Å². The minimum Gasteiger partial charge on any atom is -0.355 e. The first kappa shape index (κ1) is 16.8. The van der Waals surface area contributed by atoms with Gasteiger partial charge in [-0.1, -0.05) is 47.6 Å². The lowest BCUT2D eigenvalue weighted by atomic mass is 10.1. The number of anilines is 1. The van der Waals surface area contributed by atoms with Crippen molar-refractivity contribution in [2.45, 2.75) is 0 Å². The van der Waals surface area contributed by atoms with Crippen molar-refractivity contribution in [2.24, 2.45) is 0 Å². The molecule has 0 unspecified atom stereocenters. The fourth-order valence-electron chi connectivity index (χ4n) is 2.95. The Hall–Kier alpha value is -4.33. The Morgan fingerprint density at radius 1 is 0.931 bits per heavy atom. The average molecular weight is 382 g/mol. The van der Waals surface area contributed by atoms with Crippen LogP contribution in [0.5, 0.6) is 0 Å². The molecule has 8 nitrogen and oxygen atoms in total. The summed E-state index contributed by atoms with van der Waals surface area (Å²) in [7, 11) is 0.